The molecule has 1 N–H and O–H groups in total. The second kappa shape index (κ2) is 8.98. The zero-order chi connectivity index (χ0) is 27.4. The van der Waals surface area contributed by atoms with E-state index in [0.29, 0.717) is 17.0 Å². The molecule has 4 aliphatic rings. The number of carbonyl (C=O) groups is 3. The number of nitrogens with one attached hydrogen (secondary N) is 1. The molecular weight excluding hydrogens is 504 g/mol. The van der Waals surface area contributed by atoms with Gasteiger partial charge in [-0.3, -0.25) is 19.4 Å². The van der Waals surface area contributed by atoms with Crippen molar-refractivity contribution < 1.29 is 19.1 Å². The standard InChI is InChI=1S/C32H24N4O4/c1-40-25-13-7-6-12-24(25)36-30(38)27-26-20-8-2-4-10-22(20)32(28(27)31(36)39,23-11-5-3-9-21(23)26)18-34-35-29(37)19-14-16-33-17-15-19/h2-18,26-28H,1H3,(H,35,37)/b34-18+. The van der Waals surface area contributed by atoms with Crippen LogP contribution in [0.4, 0.5) is 5.69 Å². The number of carbonyl (C=O) groups excluding carboxylic acids is 3. The number of aromatic nitrogens is 1. The second-order valence-corrected chi connectivity index (χ2v) is 10.1. The van der Waals surface area contributed by atoms with Crippen LogP contribution in [0.1, 0.15) is 38.5 Å². The summed E-state index contributed by atoms with van der Waals surface area (Å²) in [6, 6.07) is 26.0. The lowest BCUT2D eigenvalue weighted by Crippen LogP contribution is -2.54. The topological polar surface area (TPSA) is 101 Å². The zero-order valence-corrected chi connectivity index (χ0v) is 21.5. The minimum atomic E-state index is -1.08. The van der Waals surface area contributed by atoms with Gasteiger partial charge >= 0.3 is 0 Å². The summed E-state index contributed by atoms with van der Waals surface area (Å²) in [7, 11) is 1.52. The van der Waals surface area contributed by atoms with Gasteiger partial charge in [0.1, 0.15) is 5.75 Å². The Bertz CT molecular complexity index is 1670. The third-order valence-electron chi connectivity index (χ3n) is 8.39. The number of imide groups is 1. The number of pyridine rings is 1. The number of ether oxygens (including phenoxy) is 1. The fourth-order valence-electron chi connectivity index (χ4n) is 6.86. The summed E-state index contributed by atoms with van der Waals surface area (Å²) in [5.41, 5.74) is 6.15. The van der Waals surface area contributed by atoms with Crippen molar-refractivity contribution in [1.82, 2.24) is 10.4 Å². The van der Waals surface area contributed by atoms with Crippen LogP contribution in [0.3, 0.4) is 0 Å². The van der Waals surface area contributed by atoms with E-state index in [1.54, 1.807) is 42.6 Å². The summed E-state index contributed by atoms with van der Waals surface area (Å²) in [6.45, 7) is 0. The van der Waals surface area contributed by atoms with Crippen molar-refractivity contribution in [3.8, 4) is 5.75 Å². The van der Waals surface area contributed by atoms with Gasteiger partial charge in [-0.05, 0) is 46.5 Å². The zero-order valence-electron chi connectivity index (χ0n) is 21.5. The lowest BCUT2D eigenvalue weighted by Gasteiger charge is -2.52. The van der Waals surface area contributed by atoms with Gasteiger partial charge < -0.3 is 4.74 Å². The summed E-state index contributed by atoms with van der Waals surface area (Å²) in [5.74, 6) is -2.26. The van der Waals surface area contributed by atoms with Gasteiger partial charge in [-0.25, -0.2) is 10.3 Å². The molecule has 0 radical (unpaired) electrons. The van der Waals surface area contributed by atoms with Gasteiger partial charge in [0.15, 0.2) is 0 Å². The number of hydrogen-bond donors (Lipinski definition) is 1. The van der Waals surface area contributed by atoms with E-state index in [9.17, 15) is 14.4 Å². The maximum absolute atomic E-state index is 14.4. The molecule has 196 valence electrons. The van der Waals surface area contributed by atoms with E-state index < -0.39 is 23.2 Å². The third kappa shape index (κ3) is 3.16. The molecule has 3 aromatic carbocycles. The van der Waals surface area contributed by atoms with Crippen molar-refractivity contribution in [3.63, 3.8) is 0 Å². The molecule has 8 rings (SSSR count). The van der Waals surface area contributed by atoms with Gasteiger partial charge in [0.2, 0.25) is 11.8 Å². The van der Waals surface area contributed by atoms with Crippen molar-refractivity contribution in [2.24, 2.45) is 16.9 Å². The Morgan fingerprint density at radius 3 is 2.20 bits per heavy atom. The highest BCUT2D eigenvalue weighted by Gasteiger charge is 2.68. The number of methoxy groups -OCH3 is 1. The van der Waals surface area contributed by atoms with Gasteiger partial charge in [-0.15, -0.1) is 0 Å². The summed E-state index contributed by atoms with van der Waals surface area (Å²) >= 11 is 0. The smallest absolute Gasteiger partial charge is 0.271 e. The lowest BCUT2D eigenvalue weighted by atomic mass is 9.47. The highest BCUT2D eigenvalue weighted by Crippen LogP contribution is 2.63. The summed E-state index contributed by atoms with van der Waals surface area (Å²) in [4.78, 5) is 46.8. The predicted octanol–water partition coefficient (Wildman–Crippen LogP) is 4.06. The van der Waals surface area contributed by atoms with Crippen molar-refractivity contribution in [2.45, 2.75) is 11.3 Å². The first-order valence-electron chi connectivity index (χ1n) is 13.0. The Morgan fingerprint density at radius 1 is 0.900 bits per heavy atom. The second-order valence-electron chi connectivity index (χ2n) is 10.1. The van der Waals surface area contributed by atoms with Crippen LogP contribution in [-0.2, 0) is 15.0 Å². The SMILES string of the molecule is COc1ccccc1N1C(=O)C2C3c4ccccc4C(/C=N/NC(=O)c4ccncc4)(c4ccccc43)C2C1=O. The van der Waals surface area contributed by atoms with Crippen molar-refractivity contribution >= 4 is 29.6 Å². The quantitative estimate of drug-likeness (QED) is 0.239. The minimum Gasteiger partial charge on any atom is -0.495 e. The van der Waals surface area contributed by atoms with Crippen LogP contribution in [0.2, 0.25) is 0 Å². The highest BCUT2D eigenvalue weighted by molar-refractivity contribution is 6.25. The van der Waals surface area contributed by atoms with Crippen LogP contribution in [0, 0.1) is 11.8 Å². The molecule has 8 nitrogen and oxygen atoms in total. The fraction of sp³-hybridized carbons (Fsp3) is 0.156. The van der Waals surface area contributed by atoms with Crippen molar-refractivity contribution in [2.75, 3.05) is 12.0 Å². The van der Waals surface area contributed by atoms with Crippen LogP contribution in [-0.4, -0.2) is 36.0 Å². The molecule has 2 atom stereocenters. The molecular formula is C32H24N4O4. The predicted molar refractivity (Wildman–Crippen MR) is 148 cm³/mol. The number of anilines is 1. The van der Waals surface area contributed by atoms with Crippen LogP contribution >= 0.6 is 0 Å². The van der Waals surface area contributed by atoms with Gasteiger partial charge in [-0.1, -0.05) is 60.7 Å². The average molecular weight is 529 g/mol. The molecule has 2 heterocycles. The summed E-state index contributed by atoms with van der Waals surface area (Å²) in [5, 5.41) is 4.44. The molecule has 0 saturated carbocycles. The average Bonchev–Trinajstić information content (AvgIpc) is 3.28. The molecule has 8 heteroatoms. The number of amides is 3. The van der Waals surface area contributed by atoms with Gasteiger partial charge in [0, 0.05) is 30.1 Å². The molecule has 1 aliphatic heterocycles. The van der Waals surface area contributed by atoms with E-state index >= 15 is 0 Å². The molecule has 3 aliphatic carbocycles. The normalized spacial score (nSPS) is 24.0. The van der Waals surface area contributed by atoms with E-state index in [1.807, 2.05) is 48.5 Å². The van der Waals surface area contributed by atoms with Gasteiger partial charge in [0.05, 0.1) is 30.0 Å². The van der Waals surface area contributed by atoms with E-state index in [2.05, 4.69) is 15.5 Å². The molecule has 2 bridgehead atoms. The maximum atomic E-state index is 14.4. The fourth-order valence-corrected chi connectivity index (χ4v) is 6.86. The van der Waals surface area contributed by atoms with Crippen molar-refractivity contribution in [1.29, 1.82) is 0 Å². The molecule has 1 saturated heterocycles. The Kier molecular flexibility index (Phi) is 5.38. The maximum Gasteiger partial charge on any atom is 0.271 e. The number of rotatable bonds is 5. The summed E-state index contributed by atoms with van der Waals surface area (Å²) < 4.78 is 5.53. The lowest BCUT2D eigenvalue weighted by molar-refractivity contribution is -0.122. The van der Waals surface area contributed by atoms with E-state index in [4.69, 9.17) is 4.74 Å². The molecule has 3 amide bonds. The Balaban J connectivity index is 1.42. The monoisotopic (exact) mass is 528 g/mol. The summed E-state index contributed by atoms with van der Waals surface area (Å²) in [6.07, 6.45) is 4.71. The third-order valence-corrected chi connectivity index (χ3v) is 8.39. The number of hydrazone groups is 1. The van der Waals surface area contributed by atoms with Crippen molar-refractivity contribution in [3.05, 3.63) is 125 Å². The largest absolute Gasteiger partial charge is 0.495 e. The van der Waals surface area contributed by atoms with Crippen LogP contribution < -0.4 is 15.1 Å². The first kappa shape index (κ1) is 24.0. The van der Waals surface area contributed by atoms with E-state index in [1.165, 1.54) is 24.4 Å². The molecule has 1 aromatic heterocycles. The molecule has 1 fully saturated rings. The van der Waals surface area contributed by atoms with Crippen LogP contribution in [0.15, 0.2) is 102 Å². The molecule has 2 unspecified atom stereocenters. The Morgan fingerprint density at radius 2 is 1.52 bits per heavy atom. The number of hydrogen-bond acceptors (Lipinski definition) is 6. The number of nitrogens with zero attached hydrogens (tertiary/aromatic N) is 3. The molecule has 4 aromatic rings. The molecule has 0 spiro atoms. The Hall–Kier alpha value is -5.11. The van der Waals surface area contributed by atoms with Gasteiger partial charge in [0.25, 0.3) is 5.91 Å². The minimum absolute atomic E-state index is 0.271. The van der Waals surface area contributed by atoms with Crippen LogP contribution in [0.25, 0.3) is 0 Å². The van der Waals surface area contributed by atoms with E-state index in [0.717, 1.165) is 22.3 Å². The van der Waals surface area contributed by atoms with E-state index in [-0.39, 0.29) is 17.7 Å². The Labute approximate surface area is 230 Å². The first-order valence-corrected chi connectivity index (χ1v) is 13.0. The van der Waals surface area contributed by atoms with Crippen LogP contribution in [0.5, 0.6) is 5.75 Å². The molecule has 40 heavy (non-hydrogen) atoms. The van der Waals surface area contributed by atoms with Gasteiger partial charge in [-0.2, -0.15) is 5.10 Å². The number of benzene rings is 3. The highest BCUT2D eigenvalue weighted by atomic mass is 16.5. The first-order chi connectivity index (χ1) is 19.6. The number of para-hydroxylation sites is 2.